The van der Waals surface area contributed by atoms with Gasteiger partial charge in [-0.15, -0.1) is 0 Å². The number of esters is 1. The molecule has 0 aliphatic rings. The zero-order valence-corrected chi connectivity index (χ0v) is 20.5. The summed E-state index contributed by atoms with van der Waals surface area (Å²) in [6.45, 7) is 17.1. The molecule has 3 unspecified atom stereocenters. The largest absolute Gasteiger partial charge is 0.463 e. The number of ether oxygens (including phenoxy) is 2. The van der Waals surface area contributed by atoms with Gasteiger partial charge in [-0.3, -0.25) is 4.79 Å². The zero-order chi connectivity index (χ0) is 21.5. The van der Waals surface area contributed by atoms with Crippen molar-refractivity contribution >= 4 is 22.6 Å². The van der Waals surface area contributed by atoms with E-state index in [0.717, 1.165) is 6.42 Å². The molecular formula is C18H40O7Si2. The van der Waals surface area contributed by atoms with Crippen molar-refractivity contribution in [1.29, 1.82) is 0 Å². The fourth-order valence-corrected chi connectivity index (χ4v) is 5.65. The quantitative estimate of drug-likeness (QED) is 0.267. The fraction of sp³-hybridized carbons (Fsp3) is 0.944. The van der Waals surface area contributed by atoms with Crippen LogP contribution in [-0.4, -0.2) is 70.1 Å². The first kappa shape index (κ1) is 26.7. The molecule has 27 heavy (non-hydrogen) atoms. The van der Waals surface area contributed by atoms with Gasteiger partial charge >= 0.3 is 5.97 Å². The normalized spacial score (nSPS) is 16.7. The second-order valence-electron chi connectivity index (χ2n) is 9.01. The molecule has 0 saturated heterocycles. The number of carbonyl (C=O) groups is 1. The molecule has 3 atom stereocenters. The van der Waals surface area contributed by atoms with Crippen molar-refractivity contribution in [3.05, 3.63) is 0 Å². The van der Waals surface area contributed by atoms with Gasteiger partial charge in [-0.05, 0) is 52.6 Å². The third kappa shape index (κ3) is 12.0. The van der Waals surface area contributed by atoms with Crippen LogP contribution < -0.4 is 0 Å². The lowest BCUT2D eigenvalue weighted by Crippen LogP contribution is -2.59. The van der Waals surface area contributed by atoms with E-state index in [1.54, 1.807) is 6.92 Å². The van der Waals surface area contributed by atoms with Crippen molar-refractivity contribution in [3.8, 4) is 0 Å². The highest BCUT2D eigenvalue weighted by Crippen LogP contribution is 2.31. The van der Waals surface area contributed by atoms with Gasteiger partial charge in [0.1, 0.15) is 18.8 Å². The molecule has 0 spiro atoms. The molecule has 0 aliphatic carbocycles. The maximum Gasteiger partial charge on any atom is 0.302 e. The highest BCUT2D eigenvalue weighted by molar-refractivity contribution is 6.71. The summed E-state index contributed by atoms with van der Waals surface area (Å²) >= 11 is 0. The summed E-state index contributed by atoms with van der Waals surface area (Å²) in [6.07, 6.45) is -1.17. The minimum absolute atomic E-state index is 0.0506. The average Bonchev–Trinajstić information content (AvgIpc) is 2.44. The predicted molar refractivity (Wildman–Crippen MR) is 111 cm³/mol. The monoisotopic (exact) mass is 424 g/mol. The average molecular weight is 425 g/mol. The Morgan fingerprint density at radius 3 is 1.85 bits per heavy atom. The van der Waals surface area contributed by atoms with E-state index in [0.29, 0.717) is 6.42 Å². The summed E-state index contributed by atoms with van der Waals surface area (Å²) in [4.78, 5) is 10.9. The summed E-state index contributed by atoms with van der Waals surface area (Å²) in [5.74, 6) is -1.64. The van der Waals surface area contributed by atoms with Gasteiger partial charge in [0.25, 0.3) is 0 Å². The first-order valence-corrected chi connectivity index (χ1v) is 16.4. The Morgan fingerprint density at radius 2 is 1.48 bits per heavy atom. The Labute approximate surface area is 166 Å². The summed E-state index contributed by atoms with van der Waals surface area (Å²) in [5.41, 5.74) is 0. The predicted octanol–water partition coefficient (Wildman–Crippen LogP) is 2.88. The van der Waals surface area contributed by atoms with E-state index in [4.69, 9.17) is 18.3 Å². The van der Waals surface area contributed by atoms with Gasteiger partial charge in [-0.25, -0.2) is 0 Å². The van der Waals surface area contributed by atoms with Gasteiger partial charge < -0.3 is 28.5 Å². The van der Waals surface area contributed by atoms with Crippen LogP contribution in [0.1, 0.15) is 33.6 Å². The molecule has 9 heteroatoms. The Morgan fingerprint density at radius 1 is 1.00 bits per heavy atom. The summed E-state index contributed by atoms with van der Waals surface area (Å²) in [5, 5.41) is 21.1. The van der Waals surface area contributed by atoms with Crippen LogP contribution in [0.15, 0.2) is 0 Å². The fourth-order valence-electron chi connectivity index (χ4n) is 2.81. The SMILES string of the molecule is CCCC(OCC(O)COC(C)=O)C(O)C(C)(O[Si](C)(C)C)O[Si](C)(C)C. The molecule has 0 aromatic carbocycles. The van der Waals surface area contributed by atoms with Gasteiger partial charge in [0, 0.05) is 6.92 Å². The second-order valence-corrected chi connectivity index (χ2v) is 17.9. The number of carbonyl (C=O) groups excluding carboxylic acids is 1. The number of hydrogen-bond donors (Lipinski definition) is 2. The zero-order valence-electron chi connectivity index (χ0n) is 18.5. The molecule has 0 saturated carbocycles. The maximum atomic E-state index is 11.1. The van der Waals surface area contributed by atoms with Crippen LogP contribution in [0.5, 0.6) is 0 Å². The Kier molecular flexibility index (Phi) is 10.9. The van der Waals surface area contributed by atoms with Crippen molar-refractivity contribution in [2.45, 2.75) is 97.0 Å². The van der Waals surface area contributed by atoms with Crippen LogP contribution in [-0.2, 0) is 23.1 Å². The molecule has 7 nitrogen and oxygen atoms in total. The lowest BCUT2D eigenvalue weighted by Gasteiger charge is -2.45. The third-order valence-corrected chi connectivity index (χ3v) is 5.50. The van der Waals surface area contributed by atoms with Crippen molar-refractivity contribution in [1.82, 2.24) is 0 Å². The molecule has 0 heterocycles. The van der Waals surface area contributed by atoms with E-state index >= 15 is 0 Å². The van der Waals surface area contributed by atoms with E-state index in [2.05, 4.69) is 0 Å². The van der Waals surface area contributed by atoms with Gasteiger partial charge in [0.05, 0.1) is 12.7 Å². The van der Waals surface area contributed by atoms with Crippen molar-refractivity contribution in [3.63, 3.8) is 0 Å². The van der Waals surface area contributed by atoms with Crippen molar-refractivity contribution in [2.75, 3.05) is 13.2 Å². The van der Waals surface area contributed by atoms with Crippen LogP contribution >= 0.6 is 0 Å². The lowest BCUT2D eigenvalue weighted by atomic mass is 10.0. The van der Waals surface area contributed by atoms with E-state index in [1.165, 1.54) is 6.92 Å². The molecule has 0 bridgehead atoms. The molecule has 0 rings (SSSR count). The van der Waals surface area contributed by atoms with Crippen LogP contribution in [0, 0.1) is 0 Å². The highest BCUT2D eigenvalue weighted by Gasteiger charge is 2.46. The minimum atomic E-state index is -2.02. The van der Waals surface area contributed by atoms with E-state index in [1.807, 2.05) is 46.2 Å². The van der Waals surface area contributed by atoms with Crippen LogP contribution in [0.3, 0.4) is 0 Å². The molecule has 2 N–H and O–H groups in total. The van der Waals surface area contributed by atoms with E-state index < -0.39 is 46.7 Å². The van der Waals surface area contributed by atoms with Crippen LogP contribution in [0.2, 0.25) is 39.3 Å². The molecule has 0 amide bonds. The smallest absolute Gasteiger partial charge is 0.302 e. The molecular weight excluding hydrogens is 384 g/mol. The Hall–Kier alpha value is -0.296. The maximum absolute atomic E-state index is 11.1. The Bertz CT molecular complexity index is 430. The number of aliphatic hydroxyl groups excluding tert-OH is 2. The molecule has 0 aliphatic heterocycles. The number of hydrogen-bond acceptors (Lipinski definition) is 7. The molecule has 0 aromatic heterocycles. The van der Waals surface area contributed by atoms with Crippen LogP contribution in [0.4, 0.5) is 0 Å². The van der Waals surface area contributed by atoms with Gasteiger partial charge in [0.2, 0.25) is 0 Å². The number of aliphatic hydroxyl groups is 2. The van der Waals surface area contributed by atoms with Gasteiger partial charge in [0.15, 0.2) is 22.4 Å². The highest BCUT2D eigenvalue weighted by atomic mass is 28.4. The third-order valence-electron chi connectivity index (χ3n) is 3.46. The summed E-state index contributed by atoms with van der Waals surface area (Å²) in [7, 11) is -4.04. The van der Waals surface area contributed by atoms with Crippen molar-refractivity contribution in [2.24, 2.45) is 0 Å². The van der Waals surface area contributed by atoms with Crippen LogP contribution in [0.25, 0.3) is 0 Å². The molecule has 162 valence electrons. The summed E-state index contributed by atoms with van der Waals surface area (Å²) in [6, 6.07) is 0. The molecule has 0 fully saturated rings. The first-order valence-electron chi connectivity index (χ1n) is 9.61. The van der Waals surface area contributed by atoms with Crippen molar-refractivity contribution < 1.29 is 33.3 Å². The first-order chi connectivity index (χ1) is 12.1. The second kappa shape index (κ2) is 11.0. The van der Waals surface area contributed by atoms with Gasteiger partial charge in [-0.1, -0.05) is 13.3 Å². The van der Waals surface area contributed by atoms with E-state index in [9.17, 15) is 15.0 Å². The van der Waals surface area contributed by atoms with Gasteiger partial charge in [-0.2, -0.15) is 0 Å². The lowest BCUT2D eigenvalue weighted by molar-refractivity contribution is -0.223. The topological polar surface area (TPSA) is 94.5 Å². The molecule has 0 aromatic rings. The Balaban J connectivity index is 5.26. The molecule has 0 radical (unpaired) electrons. The van der Waals surface area contributed by atoms with E-state index in [-0.39, 0.29) is 13.2 Å². The summed E-state index contributed by atoms with van der Waals surface area (Å²) < 4.78 is 23.1. The minimum Gasteiger partial charge on any atom is -0.463 e. The standard InChI is InChI=1S/C18H40O7Si2/c1-10-11-16(23-13-15(20)12-22-14(2)19)17(21)18(3,24-26(4,5)6)25-27(7,8)9/h15-17,20-21H,10-13H2,1-9H3. The number of rotatable bonds is 13.